The molecular weight excluding hydrogens is 540 g/mol. The molecule has 3 rings (SSSR count). The van der Waals surface area contributed by atoms with E-state index >= 15 is 0 Å². The molecule has 0 radical (unpaired) electrons. The summed E-state index contributed by atoms with van der Waals surface area (Å²) in [5, 5.41) is 3.16. The van der Waals surface area contributed by atoms with Crippen molar-refractivity contribution in [3.8, 4) is 17.6 Å². The topological polar surface area (TPSA) is 129 Å². The fraction of sp³-hybridized carbons (Fsp3) is 0.150. The van der Waals surface area contributed by atoms with Gasteiger partial charge >= 0.3 is 6.01 Å². The molecule has 0 aliphatic heterocycles. The van der Waals surface area contributed by atoms with Crippen LogP contribution >= 0.6 is 27.5 Å². The summed E-state index contributed by atoms with van der Waals surface area (Å²) in [6, 6.07) is 11.8. The van der Waals surface area contributed by atoms with Crippen LogP contribution in [0.25, 0.3) is 0 Å². The molecule has 0 aliphatic carbocycles. The predicted molar refractivity (Wildman–Crippen MR) is 126 cm³/mol. The van der Waals surface area contributed by atoms with Crippen molar-refractivity contribution in [2.75, 3.05) is 30.9 Å². The van der Waals surface area contributed by atoms with Gasteiger partial charge in [-0.1, -0.05) is 11.6 Å². The number of ether oxygens (including phenoxy) is 3. The van der Waals surface area contributed by atoms with Gasteiger partial charge in [-0.3, -0.25) is 9.52 Å². The number of nitrogens with zero attached hydrogens (tertiary/aromatic N) is 2. The highest BCUT2D eigenvalue weighted by Gasteiger charge is 2.17. The largest absolute Gasteiger partial charge is 0.483 e. The summed E-state index contributed by atoms with van der Waals surface area (Å²) in [5.41, 5.74) is 0.392. The van der Waals surface area contributed by atoms with Crippen molar-refractivity contribution >= 4 is 55.0 Å². The van der Waals surface area contributed by atoms with Gasteiger partial charge in [0.05, 0.1) is 23.6 Å². The molecule has 0 spiro atoms. The molecule has 0 fully saturated rings. The van der Waals surface area contributed by atoms with Crippen molar-refractivity contribution < 1.29 is 27.4 Å². The first-order valence-corrected chi connectivity index (χ1v) is 11.8. The SMILES string of the molecule is COc1cc(NS(=O)(=O)c2ccc(NC(=O)COc3ccc(Cl)cc3Br)cc2)nc(OC)n1. The Morgan fingerprint density at radius 3 is 2.42 bits per heavy atom. The Morgan fingerprint density at radius 1 is 1.06 bits per heavy atom. The van der Waals surface area contributed by atoms with Gasteiger partial charge in [0.1, 0.15) is 5.75 Å². The summed E-state index contributed by atoms with van der Waals surface area (Å²) in [6.45, 7) is -0.251. The van der Waals surface area contributed by atoms with Crippen LogP contribution in [-0.2, 0) is 14.8 Å². The monoisotopic (exact) mass is 556 g/mol. The maximum absolute atomic E-state index is 12.7. The molecule has 3 aromatic rings. The van der Waals surface area contributed by atoms with Crippen LogP contribution in [0.5, 0.6) is 17.6 Å². The molecule has 2 aromatic carbocycles. The Hall–Kier alpha value is -3.09. The fourth-order valence-corrected chi connectivity index (χ4v) is 4.29. The average molecular weight is 558 g/mol. The molecule has 0 saturated heterocycles. The molecule has 10 nitrogen and oxygen atoms in total. The van der Waals surface area contributed by atoms with E-state index in [0.29, 0.717) is 20.9 Å². The lowest BCUT2D eigenvalue weighted by Crippen LogP contribution is -2.20. The number of halogens is 2. The number of anilines is 2. The standard InChI is InChI=1S/C20H18BrClN4O6S/c1-30-19-10-17(24-20(25-19)31-2)26-33(28,29)14-6-4-13(5-7-14)23-18(27)11-32-16-8-3-12(22)9-15(16)21/h3-10H,11H2,1-2H3,(H,23,27)(H,24,25,26). The lowest BCUT2D eigenvalue weighted by molar-refractivity contribution is -0.118. The van der Waals surface area contributed by atoms with Crippen molar-refractivity contribution in [2.24, 2.45) is 0 Å². The lowest BCUT2D eigenvalue weighted by Gasteiger charge is -2.11. The molecule has 13 heteroatoms. The number of rotatable bonds is 9. The first-order chi connectivity index (χ1) is 15.7. The van der Waals surface area contributed by atoms with E-state index in [1.54, 1.807) is 18.2 Å². The molecule has 0 unspecified atom stereocenters. The fourth-order valence-electron chi connectivity index (χ4n) is 2.50. The number of carbonyl (C=O) groups is 1. The average Bonchev–Trinajstić information content (AvgIpc) is 2.78. The summed E-state index contributed by atoms with van der Waals surface area (Å²) in [5.74, 6) is 0.137. The molecule has 33 heavy (non-hydrogen) atoms. The van der Waals surface area contributed by atoms with E-state index in [1.807, 2.05) is 0 Å². The second kappa shape index (κ2) is 10.7. The van der Waals surface area contributed by atoms with E-state index < -0.39 is 15.9 Å². The van der Waals surface area contributed by atoms with Gasteiger partial charge in [0, 0.05) is 16.8 Å². The number of carbonyl (C=O) groups excluding carboxylic acids is 1. The third-order valence-electron chi connectivity index (χ3n) is 4.01. The molecule has 0 atom stereocenters. The first kappa shape index (κ1) is 24.6. The number of hydrogen-bond acceptors (Lipinski definition) is 8. The van der Waals surface area contributed by atoms with E-state index in [9.17, 15) is 13.2 Å². The summed E-state index contributed by atoms with van der Waals surface area (Å²) in [6.07, 6.45) is 0. The molecule has 1 aromatic heterocycles. The molecule has 0 bridgehead atoms. The van der Waals surface area contributed by atoms with Crippen LogP contribution in [0, 0.1) is 0 Å². The summed E-state index contributed by atoms with van der Waals surface area (Å²) >= 11 is 9.18. The Labute approximate surface area is 203 Å². The smallest absolute Gasteiger partial charge is 0.321 e. The quantitative estimate of drug-likeness (QED) is 0.407. The van der Waals surface area contributed by atoms with Gasteiger partial charge in [0.2, 0.25) is 5.88 Å². The van der Waals surface area contributed by atoms with Gasteiger partial charge in [-0.15, -0.1) is 0 Å². The predicted octanol–water partition coefficient (Wildman–Crippen LogP) is 3.73. The van der Waals surface area contributed by atoms with Crippen molar-refractivity contribution in [1.29, 1.82) is 0 Å². The van der Waals surface area contributed by atoms with E-state index in [2.05, 4.69) is 35.9 Å². The summed E-state index contributed by atoms with van der Waals surface area (Å²) in [4.78, 5) is 20.0. The van der Waals surface area contributed by atoms with Gasteiger partial charge in [0.15, 0.2) is 12.4 Å². The number of aromatic nitrogens is 2. The maximum atomic E-state index is 12.7. The van der Waals surface area contributed by atoms with Gasteiger partial charge in [-0.25, -0.2) is 8.42 Å². The van der Waals surface area contributed by atoms with Gasteiger partial charge in [-0.05, 0) is 58.4 Å². The summed E-state index contributed by atoms with van der Waals surface area (Å²) in [7, 11) is -1.24. The van der Waals surface area contributed by atoms with E-state index in [1.165, 1.54) is 44.6 Å². The Balaban J connectivity index is 1.63. The van der Waals surface area contributed by atoms with Crippen LogP contribution in [0.1, 0.15) is 0 Å². The Bertz CT molecular complexity index is 1240. The maximum Gasteiger partial charge on any atom is 0.321 e. The number of methoxy groups -OCH3 is 2. The lowest BCUT2D eigenvalue weighted by atomic mass is 10.3. The zero-order chi connectivity index (χ0) is 24.0. The molecule has 2 N–H and O–H groups in total. The zero-order valence-electron chi connectivity index (χ0n) is 17.3. The molecular formula is C20H18BrClN4O6S. The van der Waals surface area contributed by atoms with E-state index in [4.69, 9.17) is 25.8 Å². The van der Waals surface area contributed by atoms with Crippen LogP contribution < -0.4 is 24.2 Å². The number of amides is 1. The number of hydrogen-bond donors (Lipinski definition) is 2. The third-order valence-corrected chi connectivity index (χ3v) is 6.24. The number of benzene rings is 2. The Kier molecular flexibility index (Phi) is 7.95. The number of nitrogens with one attached hydrogen (secondary N) is 2. The van der Waals surface area contributed by atoms with Crippen LogP contribution in [-0.4, -0.2) is 45.1 Å². The van der Waals surface area contributed by atoms with Gasteiger partial charge in [0.25, 0.3) is 15.9 Å². The second-order valence-corrected chi connectivity index (χ2v) is 9.30. The van der Waals surface area contributed by atoms with Crippen molar-refractivity contribution in [3.63, 3.8) is 0 Å². The zero-order valence-corrected chi connectivity index (χ0v) is 20.5. The summed E-state index contributed by atoms with van der Waals surface area (Å²) < 4.78 is 43.7. The molecule has 0 saturated carbocycles. The van der Waals surface area contributed by atoms with Crippen LogP contribution in [0.3, 0.4) is 0 Å². The molecule has 0 aliphatic rings. The van der Waals surface area contributed by atoms with Gasteiger partial charge < -0.3 is 19.5 Å². The third kappa shape index (κ3) is 6.70. The number of sulfonamides is 1. The first-order valence-electron chi connectivity index (χ1n) is 9.18. The highest BCUT2D eigenvalue weighted by atomic mass is 79.9. The highest BCUT2D eigenvalue weighted by molar-refractivity contribution is 9.10. The molecule has 174 valence electrons. The minimum atomic E-state index is -3.97. The van der Waals surface area contributed by atoms with Crippen molar-refractivity contribution in [2.45, 2.75) is 4.90 Å². The van der Waals surface area contributed by atoms with Crippen molar-refractivity contribution in [1.82, 2.24) is 9.97 Å². The van der Waals surface area contributed by atoms with Crippen LogP contribution in [0.2, 0.25) is 5.02 Å². The van der Waals surface area contributed by atoms with E-state index in [0.717, 1.165) is 0 Å². The highest BCUT2D eigenvalue weighted by Crippen LogP contribution is 2.28. The van der Waals surface area contributed by atoms with Crippen molar-refractivity contribution in [3.05, 3.63) is 58.0 Å². The Morgan fingerprint density at radius 2 is 1.79 bits per heavy atom. The minimum absolute atomic E-state index is 0.0263. The normalized spacial score (nSPS) is 10.9. The molecule has 1 amide bonds. The van der Waals surface area contributed by atoms with Gasteiger partial charge in [-0.2, -0.15) is 9.97 Å². The minimum Gasteiger partial charge on any atom is -0.483 e. The van der Waals surface area contributed by atoms with E-state index in [-0.39, 0.29) is 29.2 Å². The molecule has 1 heterocycles. The van der Waals surface area contributed by atoms with Crippen LogP contribution in [0.4, 0.5) is 11.5 Å². The second-order valence-electron chi connectivity index (χ2n) is 6.32. The van der Waals surface area contributed by atoms with Crippen LogP contribution in [0.15, 0.2) is 57.9 Å².